The van der Waals surface area contributed by atoms with Crippen molar-refractivity contribution in [1.29, 1.82) is 0 Å². The smallest absolute Gasteiger partial charge is 0.302 e. The van der Waals surface area contributed by atoms with Gasteiger partial charge in [0.1, 0.15) is 12.7 Å². The number of carbonyl (C=O) groups is 1. The summed E-state index contributed by atoms with van der Waals surface area (Å²) in [6.07, 6.45) is 3.30. The Kier molecular flexibility index (Phi) is 4.09. The van der Waals surface area contributed by atoms with Crippen LogP contribution in [0.4, 0.5) is 0 Å². The number of rotatable bonds is 5. The lowest BCUT2D eigenvalue weighted by molar-refractivity contribution is -0.139. The number of hydrogen-bond acceptors (Lipinski definition) is 3. The molecule has 84 valence electrons. The Balaban J connectivity index is 2.22. The van der Waals surface area contributed by atoms with Crippen LogP contribution in [-0.4, -0.2) is 24.8 Å². The molecule has 0 saturated carbocycles. The van der Waals surface area contributed by atoms with E-state index in [9.17, 15) is 4.79 Å². The molecule has 2 atom stereocenters. The van der Waals surface area contributed by atoms with E-state index >= 15 is 0 Å². The van der Waals surface area contributed by atoms with Crippen molar-refractivity contribution in [1.82, 2.24) is 0 Å². The highest BCUT2D eigenvalue weighted by molar-refractivity contribution is 5.66. The van der Waals surface area contributed by atoms with Crippen LogP contribution >= 0.6 is 0 Å². The Morgan fingerprint density at radius 3 is 2.60 bits per heavy atom. The highest BCUT2D eigenvalue weighted by Crippen LogP contribution is 2.32. The Hall–Kier alpha value is -1.09. The second-order valence-corrected chi connectivity index (χ2v) is 4.00. The second-order valence-electron chi connectivity index (χ2n) is 4.00. The van der Waals surface area contributed by atoms with E-state index < -0.39 is 0 Å². The van der Waals surface area contributed by atoms with E-state index in [2.05, 4.69) is 6.58 Å². The van der Waals surface area contributed by atoms with Gasteiger partial charge in [-0.2, -0.15) is 0 Å². The van der Waals surface area contributed by atoms with Crippen LogP contribution < -0.4 is 0 Å². The van der Waals surface area contributed by atoms with Crippen molar-refractivity contribution in [3.05, 3.63) is 23.8 Å². The van der Waals surface area contributed by atoms with Crippen molar-refractivity contribution in [3.8, 4) is 0 Å². The summed E-state index contributed by atoms with van der Waals surface area (Å²) in [6.45, 7) is 9.60. The van der Waals surface area contributed by atoms with Crippen LogP contribution in [0.3, 0.4) is 0 Å². The molecule has 1 fully saturated rings. The van der Waals surface area contributed by atoms with Gasteiger partial charge in [-0.25, -0.2) is 0 Å². The molecule has 15 heavy (non-hydrogen) atoms. The summed E-state index contributed by atoms with van der Waals surface area (Å²) in [5.41, 5.74) is 2.26. The lowest BCUT2D eigenvalue weighted by atomic mass is 10.1. The Morgan fingerprint density at radius 2 is 2.13 bits per heavy atom. The van der Waals surface area contributed by atoms with Crippen molar-refractivity contribution < 1.29 is 14.3 Å². The van der Waals surface area contributed by atoms with Crippen LogP contribution in [0, 0.1) is 0 Å². The molecular weight excluding hydrogens is 192 g/mol. The van der Waals surface area contributed by atoms with E-state index in [-0.39, 0.29) is 18.2 Å². The molecule has 0 bridgehead atoms. The normalized spacial score (nSPS) is 24.9. The fraction of sp³-hybridized carbons (Fsp3) is 0.583. The number of carbonyl (C=O) groups excluding carboxylic acids is 1. The minimum atomic E-state index is -0.249. The van der Waals surface area contributed by atoms with E-state index in [1.807, 2.05) is 19.9 Å². The van der Waals surface area contributed by atoms with Gasteiger partial charge in [-0.1, -0.05) is 12.2 Å². The second kappa shape index (κ2) is 5.12. The van der Waals surface area contributed by atoms with Gasteiger partial charge in [0.05, 0.1) is 6.10 Å². The Bertz CT molecular complexity index is 291. The Labute approximate surface area is 90.8 Å². The zero-order valence-corrected chi connectivity index (χ0v) is 9.58. The number of epoxide rings is 1. The Morgan fingerprint density at radius 1 is 1.47 bits per heavy atom. The standard InChI is InChI=1S/C12H18O3/c1-8(2)12-11(15-12)7-9(3)5-6-14-10(4)13/h5,11-12H,1,6-7H2,2-4H3/b9-5+. The van der Waals surface area contributed by atoms with E-state index in [0.29, 0.717) is 6.61 Å². The minimum absolute atomic E-state index is 0.224. The molecule has 0 N–H and O–H groups in total. The molecule has 0 aromatic rings. The first-order valence-electron chi connectivity index (χ1n) is 5.10. The highest BCUT2D eigenvalue weighted by atomic mass is 16.6. The highest BCUT2D eigenvalue weighted by Gasteiger charge is 2.38. The maximum atomic E-state index is 10.5. The molecule has 3 heteroatoms. The SMILES string of the molecule is C=C(C)C1OC1C/C(C)=C/COC(C)=O. The number of hydrogen-bond donors (Lipinski definition) is 0. The van der Waals surface area contributed by atoms with Gasteiger partial charge in [-0.15, -0.1) is 0 Å². The zero-order chi connectivity index (χ0) is 11.4. The zero-order valence-electron chi connectivity index (χ0n) is 9.58. The first kappa shape index (κ1) is 12.0. The van der Waals surface area contributed by atoms with Crippen LogP contribution in [0.25, 0.3) is 0 Å². The van der Waals surface area contributed by atoms with Gasteiger partial charge < -0.3 is 9.47 Å². The predicted octanol–water partition coefficient (Wildman–Crippen LogP) is 2.23. The van der Waals surface area contributed by atoms with Crippen molar-refractivity contribution in [2.45, 2.75) is 39.4 Å². The van der Waals surface area contributed by atoms with Gasteiger partial charge in [0.15, 0.2) is 0 Å². The molecule has 0 amide bonds. The monoisotopic (exact) mass is 210 g/mol. The third kappa shape index (κ3) is 4.30. The van der Waals surface area contributed by atoms with Gasteiger partial charge in [-0.05, 0) is 31.9 Å². The molecule has 1 saturated heterocycles. The van der Waals surface area contributed by atoms with Crippen molar-refractivity contribution in [2.75, 3.05) is 6.61 Å². The molecule has 1 aliphatic rings. The minimum Gasteiger partial charge on any atom is -0.462 e. The lowest BCUT2D eigenvalue weighted by Gasteiger charge is -1.99. The van der Waals surface area contributed by atoms with Crippen LogP contribution in [-0.2, 0) is 14.3 Å². The molecule has 0 spiro atoms. The van der Waals surface area contributed by atoms with Crippen LogP contribution in [0.5, 0.6) is 0 Å². The molecule has 0 aliphatic carbocycles. The van der Waals surface area contributed by atoms with Gasteiger partial charge in [0, 0.05) is 6.92 Å². The summed E-state index contributed by atoms with van der Waals surface area (Å²) in [5, 5.41) is 0. The van der Waals surface area contributed by atoms with Crippen LogP contribution in [0.15, 0.2) is 23.8 Å². The summed E-state index contributed by atoms with van der Waals surface area (Å²) in [5.74, 6) is -0.249. The molecule has 1 aliphatic heterocycles. The lowest BCUT2D eigenvalue weighted by Crippen LogP contribution is -2.00. The molecule has 1 rings (SSSR count). The first-order valence-corrected chi connectivity index (χ1v) is 5.10. The van der Waals surface area contributed by atoms with Crippen molar-refractivity contribution in [3.63, 3.8) is 0 Å². The van der Waals surface area contributed by atoms with E-state index in [4.69, 9.17) is 9.47 Å². The molecule has 3 nitrogen and oxygen atoms in total. The van der Waals surface area contributed by atoms with E-state index in [1.54, 1.807) is 0 Å². The topological polar surface area (TPSA) is 38.8 Å². The number of ether oxygens (including phenoxy) is 2. The first-order chi connectivity index (χ1) is 7.00. The van der Waals surface area contributed by atoms with Crippen molar-refractivity contribution in [2.24, 2.45) is 0 Å². The summed E-state index contributed by atoms with van der Waals surface area (Å²) in [6, 6.07) is 0. The molecule has 2 unspecified atom stereocenters. The van der Waals surface area contributed by atoms with Crippen LogP contribution in [0.1, 0.15) is 27.2 Å². The molecule has 0 aromatic heterocycles. The van der Waals surface area contributed by atoms with Gasteiger partial charge >= 0.3 is 5.97 Å². The largest absolute Gasteiger partial charge is 0.462 e. The maximum Gasteiger partial charge on any atom is 0.302 e. The average Bonchev–Trinajstić information content (AvgIpc) is 2.82. The average molecular weight is 210 g/mol. The molecule has 1 heterocycles. The van der Waals surface area contributed by atoms with Crippen molar-refractivity contribution >= 4 is 5.97 Å². The summed E-state index contributed by atoms with van der Waals surface area (Å²) in [4.78, 5) is 10.5. The molecular formula is C12H18O3. The van der Waals surface area contributed by atoms with Gasteiger partial charge in [-0.3, -0.25) is 4.79 Å². The van der Waals surface area contributed by atoms with Gasteiger partial charge in [0.25, 0.3) is 0 Å². The molecule has 0 aromatic carbocycles. The fourth-order valence-electron chi connectivity index (χ4n) is 1.43. The molecule has 0 radical (unpaired) electrons. The quantitative estimate of drug-likeness (QED) is 0.397. The summed E-state index contributed by atoms with van der Waals surface area (Å²) < 4.78 is 10.2. The summed E-state index contributed by atoms with van der Waals surface area (Å²) >= 11 is 0. The third-order valence-electron chi connectivity index (χ3n) is 2.31. The predicted molar refractivity (Wildman–Crippen MR) is 58.5 cm³/mol. The van der Waals surface area contributed by atoms with Gasteiger partial charge in [0.2, 0.25) is 0 Å². The fourth-order valence-corrected chi connectivity index (χ4v) is 1.43. The van der Waals surface area contributed by atoms with Crippen LogP contribution in [0.2, 0.25) is 0 Å². The number of esters is 1. The van der Waals surface area contributed by atoms with E-state index in [1.165, 1.54) is 12.5 Å². The van der Waals surface area contributed by atoms with E-state index in [0.717, 1.165) is 12.0 Å². The summed E-state index contributed by atoms with van der Waals surface area (Å²) in [7, 11) is 0. The maximum absolute atomic E-state index is 10.5. The third-order valence-corrected chi connectivity index (χ3v) is 2.31.